The van der Waals surface area contributed by atoms with E-state index in [4.69, 9.17) is 9.84 Å². The third kappa shape index (κ3) is 5.84. The smallest absolute Gasteiger partial charge is 0.456 e. The lowest BCUT2D eigenvalue weighted by Crippen LogP contribution is -2.41. The highest BCUT2D eigenvalue weighted by Crippen LogP contribution is 2.36. The van der Waals surface area contributed by atoms with Crippen LogP contribution in [-0.2, 0) is 5.41 Å². The molecular weight excluding hydrogens is 407 g/mol. The summed E-state index contributed by atoms with van der Waals surface area (Å²) in [5.74, 6) is -4.29. The molecule has 0 aliphatic carbocycles. The van der Waals surface area contributed by atoms with Crippen molar-refractivity contribution in [3.05, 3.63) is 59.7 Å². The van der Waals surface area contributed by atoms with Crippen LogP contribution in [0, 0.1) is 5.92 Å². The summed E-state index contributed by atoms with van der Waals surface area (Å²) >= 11 is 0. The van der Waals surface area contributed by atoms with Gasteiger partial charge in [0.15, 0.2) is 6.61 Å². The van der Waals surface area contributed by atoms with Crippen molar-refractivity contribution in [1.82, 2.24) is 0 Å². The fraction of sp³-hybridized carbons (Fsp3) is 0.455. The zero-order valence-electron chi connectivity index (χ0n) is 17.0. The topological polar surface area (TPSA) is 38.7 Å². The Morgan fingerprint density at radius 1 is 0.800 bits per heavy atom. The largest absolute Gasteiger partial charge is 0.493 e. The number of rotatable bonds is 9. The van der Waals surface area contributed by atoms with Gasteiger partial charge in [-0.1, -0.05) is 45.0 Å². The van der Waals surface area contributed by atoms with Gasteiger partial charge < -0.3 is 14.6 Å². The van der Waals surface area contributed by atoms with Crippen molar-refractivity contribution in [2.45, 2.75) is 38.3 Å². The number of hydrogen-bond donors (Lipinski definition) is 1. The van der Waals surface area contributed by atoms with Crippen molar-refractivity contribution in [2.75, 3.05) is 19.8 Å². The third-order valence-electron chi connectivity index (χ3n) is 4.83. The summed E-state index contributed by atoms with van der Waals surface area (Å²) in [7, 11) is 0. The van der Waals surface area contributed by atoms with Crippen molar-refractivity contribution < 1.29 is 36.5 Å². The molecular formula is C22H25F5O3. The van der Waals surface area contributed by atoms with E-state index in [2.05, 4.69) is 4.74 Å². The van der Waals surface area contributed by atoms with Gasteiger partial charge in [0.25, 0.3) is 0 Å². The summed E-state index contributed by atoms with van der Waals surface area (Å²) in [6.07, 6.45) is -5.65. The number of halogens is 5. The van der Waals surface area contributed by atoms with Crippen LogP contribution in [0.3, 0.4) is 0 Å². The zero-order valence-corrected chi connectivity index (χ0v) is 17.0. The minimum absolute atomic E-state index is 0.0259. The van der Waals surface area contributed by atoms with Gasteiger partial charge in [0.05, 0.1) is 6.61 Å². The predicted molar refractivity (Wildman–Crippen MR) is 103 cm³/mol. The lowest BCUT2D eigenvalue weighted by Gasteiger charge is -2.27. The van der Waals surface area contributed by atoms with Crippen LogP contribution < -0.4 is 9.47 Å². The first-order valence-electron chi connectivity index (χ1n) is 9.39. The van der Waals surface area contributed by atoms with E-state index in [1.165, 1.54) is 12.1 Å². The Balaban J connectivity index is 2.06. The monoisotopic (exact) mass is 432 g/mol. The third-order valence-corrected chi connectivity index (χ3v) is 4.83. The van der Waals surface area contributed by atoms with Gasteiger partial charge in [-0.2, -0.15) is 22.0 Å². The minimum atomic E-state index is -5.65. The number of ether oxygens (including phenoxy) is 2. The maximum atomic E-state index is 13.0. The van der Waals surface area contributed by atoms with Crippen LogP contribution in [-0.4, -0.2) is 37.0 Å². The summed E-state index contributed by atoms with van der Waals surface area (Å²) < 4.78 is 72.9. The normalized spacial score (nSPS) is 13.8. The fourth-order valence-corrected chi connectivity index (χ4v) is 2.65. The van der Waals surface area contributed by atoms with Crippen LogP contribution in [0.15, 0.2) is 48.5 Å². The van der Waals surface area contributed by atoms with Gasteiger partial charge in [0, 0.05) is 17.9 Å². The highest BCUT2D eigenvalue weighted by Gasteiger charge is 2.58. The Hall–Kier alpha value is -2.35. The molecule has 2 rings (SSSR count). The van der Waals surface area contributed by atoms with Crippen LogP contribution in [0.5, 0.6) is 11.5 Å². The molecule has 166 valence electrons. The van der Waals surface area contributed by atoms with Gasteiger partial charge in [0.2, 0.25) is 0 Å². The molecule has 0 fully saturated rings. The summed E-state index contributed by atoms with van der Waals surface area (Å²) in [5.41, 5.74) is 1.34. The van der Waals surface area contributed by atoms with Crippen molar-refractivity contribution in [3.8, 4) is 11.5 Å². The average molecular weight is 432 g/mol. The van der Waals surface area contributed by atoms with Crippen LogP contribution in [0.1, 0.15) is 31.9 Å². The SMILES string of the molecule is CC(CO)COc1ccc(C(C)(C)c2ccc(OCC(F)(F)C(F)(F)F)cc2)cc1. The Bertz CT molecular complexity index is 799. The van der Waals surface area contributed by atoms with E-state index < -0.39 is 24.1 Å². The molecule has 2 aromatic rings. The molecule has 0 aromatic heterocycles. The standard InChI is InChI=1S/C22H25F5O3/c1-15(12-28)13-29-18-8-4-16(5-9-18)20(2,3)17-6-10-19(11-7-17)30-14-21(23,24)22(25,26)27/h4-11,15,28H,12-14H2,1-3H3. The predicted octanol–water partition coefficient (Wildman–Crippen LogP) is 5.60. The fourth-order valence-electron chi connectivity index (χ4n) is 2.65. The molecule has 30 heavy (non-hydrogen) atoms. The Kier molecular flexibility index (Phi) is 7.34. The summed E-state index contributed by atoms with van der Waals surface area (Å²) in [6.45, 7) is 4.46. The Labute approximate surface area is 172 Å². The molecule has 1 unspecified atom stereocenters. The van der Waals surface area contributed by atoms with Crippen LogP contribution in [0.4, 0.5) is 22.0 Å². The van der Waals surface area contributed by atoms with E-state index in [1.807, 2.05) is 45.0 Å². The van der Waals surface area contributed by atoms with Gasteiger partial charge >= 0.3 is 12.1 Å². The van der Waals surface area contributed by atoms with Crippen LogP contribution >= 0.6 is 0 Å². The number of aliphatic hydroxyl groups excluding tert-OH is 1. The Morgan fingerprint density at radius 2 is 1.23 bits per heavy atom. The molecule has 0 spiro atoms. The lowest BCUT2D eigenvalue weighted by atomic mass is 9.78. The van der Waals surface area contributed by atoms with E-state index >= 15 is 0 Å². The molecule has 0 heterocycles. The second-order valence-electron chi connectivity index (χ2n) is 7.76. The summed E-state index contributed by atoms with van der Waals surface area (Å²) in [4.78, 5) is 0. The second kappa shape index (κ2) is 9.20. The molecule has 0 bridgehead atoms. The first-order chi connectivity index (χ1) is 13.9. The first kappa shape index (κ1) is 23.9. The zero-order chi connectivity index (χ0) is 22.6. The van der Waals surface area contributed by atoms with Crippen molar-refractivity contribution in [1.29, 1.82) is 0 Å². The second-order valence-corrected chi connectivity index (χ2v) is 7.76. The number of hydrogen-bond acceptors (Lipinski definition) is 3. The van der Waals surface area contributed by atoms with Crippen molar-refractivity contribution in [3.63, 3.8) is 0 Å². The van der Waals surface area contributed by atoms with E-state index in [0.29, 0.717) is 12.4 Å². The number of benzene rings is 2. The first-order valence-corrected chi connectivity index (χ1v) is 9.39. The van der Waals surface area contributed by atoms with Gasteiger partial charge in [-0.25, -0.2) is 0 Å². The molecule has 0 radical (unpaired) electrons. The highest BCUT2D eigenvalue weighted by molar-refractivity contribution is 5.41. The molecule has 1 N–H and O–H groups in total. The van der Waals surface area contributed by atoms with Gasteiger partial charge in [-0.3, -0.25) is 0 Å². The molecule has 8 heteroatoms. The van der Waals surface area contributed by atoms with Crippen molar-refractivity contribution >= 4 is 0 Å². The van der Waals surface area contributed by atoms with Crippen LogP contribution in [0.25, 0.3) is 0 Å². The summed E-state index contributed by atoms with van der Waals surface area (Å²) in [5, 5.41) is 9.04. The van der Waals surface area contributed by atoms with E-state index in [1.54, 1.807) is 12.1 Å². The van der Waals surface area contributed by atoms with E-state index in [9.17, 15) is 22.0 Å². The van der Waals surface area contributed by atoms with E-state index in [0.717, 1.165) is 11.1 Å². The molecule has 0 aliphatic heterocycles. The number of aliphatic hydroxyl groups is 1. The molecule has 1 atom stereocenters. The van der Waals surface area contributed by atoms with E-state index in [-0.39, 0.29) is 18.3 Å². The maximum Gasteiger partial charge on any atom is 0.456 e. The summed E-state index contributed by atoms with van der Waals surface area (Å²) in [6, 6.07) is 13.4. The highest BCUT2D eigenvalue weighted by atomic mass is 19.4. The molecule has 0 saturated carbocycles. The molecule has 0 saturated heterocycles. The van der Waals surface area contributed by atoms with Crippen molar-refractivity contribution in [2.24, 2.45) is 5.92 Å². The van der Waals surface area contributed by atoms with Gasteiger partial charge in [-0.05, 0) is 35.4 Å². The van der Waals surface area contributed by atoms with Gasteiger partial charge in [0.1, 0.15) is 11.5 Å². The molecule has 0 amide bonds. The maximum absolute atomic E-state index is 13.0. The van der Waals surface area contributed by atoms with Gasteiger partial charge in [-0.15, -0.1) is 0 Å². The lowest BCUT2D eigenvalue weighted by molar-refractivity contribution is -0.290. The van der Waals surface area contributed by atoms with Crippen LogP contribution in [0.2, 0.25) is 0 Å². The average Bonchev–Trinajstić information content (AvgIpc) is 2.70. The minimum Gasteiger partial charge on any atom is -0.493 e. The quantitative estimate of drug-likeness (QED) is 0.525. The molecule has 2 aromatic carbocycles. The number of alkyl halides is 5. The Morgan fingerprint density at radius 3 is 1.63 bits per heavy atom. The molecule has 0 aliphatic rings. The molecule has 3 nitrogen and oxygen atoms in total.